The minimum Gasteiger partial charge on any atom is -0.396 e. The summed E-state index contributed by atoms with van der Waals surface area (Å²) in [6.45, 7) is 6.21. The molecule has 1 aromatic rings. The lowest BCUT2D eigenvalue weighted by Gasteiger charge is -2.24. The quantitative estimate of drug-likeness (QED) is 0.635. The molecule has 0 saturated heterocycles. The summed E-state index contributed by atoms with van der Waals surface area (Å²) in [5.41, 5.74) is 5.55. The molecule has 2 rings (SSSR count). The summed E-state index contributed by atoms with van der Waals surface area (Å²) in [6, 6.07) is 0.192. The van der Waals surface area contributed by atoms with Crippen molar-refractivity contribution in [2.45, 2.75) is 58.0 Å². The third kappa shape index (κ3) is 4.79. The van der Waals surface area contributed by atoms with Gasteiger partial charge in [0.05, 0.1) is 5.56 Å². The topological polar surface area (TPSA) is 113 Å². The minimum atomic E-state index is -0.550. The van der Waals surface area contributed by atoms with Crippen LogP contribution in [0.25, 0.3) is 0 Å². The lowest BCUT2D eigenvalue weighted by Crippen LogP contribution is -2.30. The minimum absolute atomic E-state index is 0.173. The average molecular weight is 321 g/mol. The van der Waals surface area contributed by atoms with Crippen LogP contribution in [0.4, 0.5) is 11.8 Å². The van der Waals surface area contributed by atoms with E-state index in [4.69, 9.17) is 5.73 Å². The number of nitrogens with zero attached hydrogens (tertiary/aromatic N) is 2. The number of carbonyl (C=O) groups is 1. The summed E-state index contributed by atoms with van der Waals surface area (Å²) in [7, 11) is 0. The van der Waals surface area contributed by atoms with Gasteiger partial charge in [0.25, 0.3) is 5.91 Å². The number of rotatable bonds is 6. The second-order valence-corrected chi connectivity index (χ2v) is 7.15. The smallest absolute Gasteiger partial charge is 0.254 e. The van der Waals surface area contributed by atoms with Crippen molar-refractivity contribution >= 4 is 17.7 Å². The normalized spacial score (nSPS) is 21.2. The molecule has 0 unspecified atom stereocenters. The molecule has 7 heteroatoms. The van der Waals surface area contributed by atoms with E-state index in [1.165, 1.54) is 6.20 Å². The fraction of sp³-hybridized carbons (Fsp3) is 0.688. The number of amides is 1. The maximum atomic E-state index is 11.6. The molecule has 0 radical (unpaired) electrons. The Morgan fingerprint density at radius 3 is 2.78 bits per heavy atom. The standard InChI is InChI=1S/C16H27N5O2/c1-16(2,3)21-15-18-9-11(13(17)23)14(20-15)19-12-6-4-5-10(12)7-8-22/h9-10,12,22H,4-8H2,1-3H3,(H2,17,23)(H2,18,19,20,21)/t10-,12+/m0/s1. The van der Waals surface area contributed by atoms with Gasteiger partial charge in [-0.15, -0.1) is 0 Å². The summed E-state index contributed by atoms with van der Waals surface area (Å²) in [5, 5.41) is 15.7. The largest absolute Gasteiger partial charge is 0.396 e. The Labute approximate surface area is 137 Å². The first kappa shape index (κ1) is 17.5. The predicted molar refractivity (Wildman–Crippen MR) is 90.4 cm³/mol. The van der Waals surface area contributed by atoms with Crippen LogP contribution in [0.2, 0.25) is 0 Å². The van der Waals surface area contributed by atoms with Gasteiger partial charge in [-0.2, -0.15) is 4.98 Å². The Balaban J connectivity index is 2.23. The van der Waals surface area contributed by atoms with Crippen molar-refractivity contribution in [2.24, 2.45) is 11.7 Å². The molecule has 0 bridgehead atoms. The van der Waals surface area contributed by atoms with Gasteiger partial charge in [0, 0.05) is 24.4 Å². The highest BCUT2D eigenvalue weighted by molar-refractivity contribution is 5.97. The lowest BCUT2D eigenvalue weighted by atomic mass is 10.00. The van der Waals surface area contributed by atoms with Crippen molar-refractivity contribution in [1.29, 1.82) is 0 Å². The molecule has 1 aromatic heterocycles. The SMILES string of the molecule is CC(C)(C)Nc1ncc(C(N)=O)c(N[C@@H]2CCC[C@H]2CCO)n1. The van der Waals surface area contributed by atoms with Crippen molar-refractivity contribution in [3.05, 3.63) is 11.8 Å². The molecule has 1 saturated carbocycles. The van der Waals surface area contributed by atoms with E-state index in [1.807, 2.05) is 20.8 Å². The number of hydrogen-bond acceptors (Lipinski definition) is 6. The number of carbonyl (C=O) groups excluding carboxylic acids is 1. The molecule has 1 aliphatic rings. The summed E-state index contributed by atoms with van der Waals surface area (Å²) < 4.78 is 0. The number of aliphatic hydroxyl groups excluding tert-OH is 1. The molecule has 0 spiro atoms. The van der Waals surface area contributed by atoms with Crippen molar-refractivity contribution in [3.8, 4) is 0 Å². The first-order valence-corrected chi connectivity index (χ1v) is 8.12. The zero-order valence-corrected chi connectivity index (χ0v) is 14.1. The van der Waals surface area contributed by atoms with Crippen LogP contribution in [0.1, 0.15) is 56.8 Å². The number of anilines is 2. The van der Waals surface area contributed by atoms with Crippen LogP contribution in [0.15, 0.2) is 6.20 Å². The highest BCUT2D eigenvalue weighted by atomic mass is 16.3. The molecular formula is C16H27N5O2. The Kier molecular flexibility index (Phi) is 5.41. The summed E-state index contributed by atoms with van der Waals surface area (Å²) >= 11 is 0. The second-order valence-electron chi connectivity index (χ2n) is 7.15. The molecule has 1 fully saturated rings. The number of aromatic nitrogens is 2. The molecule has 128 valence electrons. The van der Waals surface area contributed by atoms with Gasteiger partial charge in [0.15, 0.2) is 0 Å². The molecule has 0 aliphatic heterocycles. The van der Waals surface area contributed by atoms with Gasteiger partial charge in [-0.25, -0.2) is 4.98 Å². The van der Waals surface area contributed by atoms with E-state index in [9.17, 15) is 9.90 Å². The molecule has 2 atom stereocenters. The molecule has 7 nitrogen and oxygen atoms in total. The third-order valence-electron chi connectivity index (χ3n) is 4.02. The molecule has 1 amide bonds. The van der Waals surface area contributed by atoms with E-state index in [-0.39, 0.29) is 18.2 Å². The Morgan fingerprint density at radius 2 is 2.17 bits per heavy atom. The van der Waals surface area contributed by atoms with Gasteiger partial charge in [-0.3, -0.25) is 4.79 Å². The molecule has 23 heavy (non-hydrogen) atoms. The van der Waals surface area contributed by atoms with E-state index in [1.54, 1.807) is 0 Å². The fourth-order valence-electron chi connectivity index (χ4n) is 2.98. The van der Waals surface area contributed by atoms with Crippen molar-refractivity contribution in [1.82, 2.24) is 9.97 Å². The first-order chi connectivity index (χ1) is 10.8. The second kappa shape index (κ2) is 7.12. The fourth-order valence-corrected chi connectivity index (χ4v) is 2.98. The van der Waals surface area contributed by atoms with Crippen LogP contribution in [0, 0.1) is 5.92 Å². The predicted octanol–water partition coefficient (Wildman–Crippen LogP) is 1.75. The summed E-state index contributed by atoms with van der Waals surface area (Å²) in [6.07, 6.45) is 5.38. The van der Waals surface area contributed by atoms with Gasteiger partial charge in [0.1, 0.15) is 5.82 Å². The molecule has 1 aliphatic carbocycles. The van der Waals surface area contributed by atoms with E-state index in [2.05, 4.69) is 20.6 Å². The van der Waals surface area contributed by atoms with E-state index in [0.29, 0.717) is 23.2 Å². The lowest BCUT2D eigenvalue weighted by molar-refractivity contribution is 0.100. The molecular weight excluding hydrogens is 294 g/mol. The highest BCUT2D eigenvalue weighted by Crippen LogP contribution is 2.31. The summed E-state index contributed by atoms with van der Waals surface area (Å²) in [5.74, 6) is 0.761. The van der Waals surface area contributed by atoms with E-state index >= 15 is 0 Å². The van der Waals surface area contributed by atoms with Gasteiger partial charge in [-0.05, 0) is 46.0 Å². The van der Waals surface area contributed by atoms with Crippen molar-refractivity contribution in [3.63, 3.8) is 0 Å². The molecule has 5 N–H and O–H groups in total. The monoisotopic (exact) mass is 321 g/mol. The Morgan fingerprint density at radius 1 is 1.43 bits per heavy atom. The number of nitrogens with two attached hydrogens (primary N) is 1. The summed E-state index contributed by atoms with van der Waals surface area (Å²) in [4.78, 5) is 20.3. The average Bonchev–Trinajstić information content (AvgIpc) is 2.84. The van der Waals surface area contributed by atoms with Gasteiger partial charge in [0.2, 0.25) is 5.95 Å². The number of nitrogens with one attached hydrogen (secondary N) is 2. The zero-order valence-electron chi connectivity index (χ0n) is 14.1. The van der Waals surface area contributed by atoms with Crippen LogP contribution < -0.4 is 16.4 Å². The number of aliphatic hydroxyl groups is 1. The van der Waals surface area contributed by atoms with Crippen LogP contribution >= 0.6 is 0 Å². The third-order valence-corrected chi connectivity index (χ3v) is 4.02. The molecule has 0 aromatic carbocycles. The van der Waals surface area contributed by atoms with Crippen LogP contribution in [0.3, 0.4) is 0 Å². The maximum Gasteiger partial charge on any atom is 0.254 e. The van der Waals surface area contributed by atoms with Crippen LogP contribution in [-0.2, 0) is 0 Å². The van der Waals surface area contributed by atoms with Gasteiger partial charge < -0.3 is 21.5 Å². The van der Waals surface area contributed by atoms with E-state index in [0.717, 1.165) is 25.7 Å². The Bertz CT molecular complexity index is 556. The zero-order chi connectivity index (χ0) is 17.0. The van der Waals surface area contributed by atoms with Gasteiger partial charge >= 0.3 is 0 Å². The first-order valence-electron chi connectivity index (χ1n) is 8.12. The van der Waals surface area contributed by atoms with Crippen molar-refractivity contribution < 1.29 is 9.90 Å². The van der Waals surface area contributed by atoms with Crippen LogP contribution in [-0.4, -0.2) is 39.2 Å². The van der Waals surface area contributed by atoms with E-state index < -0.39 is 5.91 Å². The van der Waals surface area contributed by atoms with Gasteiger partial charge in [-0.1, -0.05) is 6.42 Å². The Hall–Kier alpha value is -1.89. The van der Waals surface area contributed by atoms with Crippen LogP contribution in [0.5, 0.6) is 0 Å². The maximum absolute atomic E-state index is 11.6. The number of hydrogen-bond donors (Lipinski definition) is 4. The highest BCUT2D eigenvalue weighted by Gasteiger charge is 2.28. The van der Waals surface area contributed by atoms with Crippen molar-refractivity contribution in [2.75, 3.05) is 17.2 Å². The number of primary amides is 1. The molecule has 1 heterocycles.